The molecule has 2 rings (SSSR count). The molecule has 1 aliphatic heterocycles. The average molecular weight is 150 g/mol. The summed E-state index contributed by atoms with van der Waals surface area (Å²) < 4.78 is 10.7. The van der Waals surface area contributed by atoms with Crippen molar-refractivity contribution in [2.45, 2.75) is 6.42 Å². The Morgan fingerprint density at radius 3 is 3.27 bits per heavy atom. The van der Waals surface area contributed by atoms with Gasteiger partial charge in [-0.3, -0.25) is 4.98 Å². The average Bonchev–Trinajstić information content (AvgIpc) is 2.28. The van der Waals surface area contributed by atoms with Gasteiger partial charge in [-0.05, 0) is 0 Å². The van der Waals surface area contributed by atoms with Gasteiger partial charge >= 0.3 is 0 Å². The highest BCUT2D eigenvalue weighted by atomic mass is 16.5. The molecular weight excluding hydrogens is 142 g/mol. The van der Waals surface area contributed by atoms with Crippen molar-refractivity contribution in [1.82, 2.24) is 4.98 Å². The van der Waals surface area contributed by atoms with E-state index in [4.69, 9.17) is 9.47 Å². The summed E-state index contributed by atoms with van der Waals surface area (Å²) >= 11 is 0. The van der Waals surface area contributed by atoms with E-state index < -0.39 is 0 Å². The third-order valence-corrected chi connectivity index (χ3v) is 1.48. The van der Waals surface area contributed by atoms with E-state index in [-0.39, 0.29) is 0 Å². The second-order valence-electron chi connectivity index (χ2n) is 2.30. The molecule has 1 aromatic rings. The van der Waals surface area contributed by atoms with Crippen LogP contribution in [0.3, 0.4) is 0 Å². The van der Waals surface area contributed by atoms with Crippen LogP contribution in [0.2, 0.25) is 0 Å². The minimum Gasteiger partial charge on any atom is -0.489 e. The van der Waals surface area contributed by atoms with Crippen molar-refractivity contribution < 1.29 is 9.47 Å². The highest BCUT2D eigenvalue weighted by molar-refractivity contribution is 5.35. The van der Waals surface area contributed by atoms with Gasteiger partial charge in [-0.15, -0.1) is 0 Å². The second-order valence-corrected chi connectivity index (χ2v) is 2.30. The van der Waals surface area contributed by atoms with Gasteiger partial charge < -0.3 is 9.47 Å². The van der Waals surface area contributed by atoms with Gasteiger partial charge in [0.05, 0.1) is 13.2 Å². The molecule has 3 nitrogen and oxygen atoms in total. The summed E-state index contributed by atoms with van der Waals surface area (Å²) in [5.74, 6) is 1.38. The molecule has 0 aromatic carbocycles. The molecule has 0 aliphatic carbocycles. The SMILES string of the molecule is [c]1nccc2c1OCCCO2. The Labute approximate surface area is 65.0 Å². The van der Waals surface area contributed by atoms with E-state index in [1.807, 2.05) is 0 Å². The summed E-state index contributed by atoms with van der Waals surface area (Å²) in [6.07, 6.45) is 5.30. The van der Waals surface area contributed by atoms with Crippen LogP contribution in [0.5, 0.6) is 11.5 Å². The molecule has 0 saturated carbocycles. The van der Waals surface area contributed by atoms with Crippen LogP contribution < -0.4 is 9.47 Å². The lowest BCUT2D eigenvalue weighted by atomic mass is 10.4. The first-order valence-corrected chi connectivity index (χ1v) is 3.59. The Hall–Kier alpha value is -1.25. The Bertz CT molecular complexity index is 225. The van der Waals surface area contributed by atoms with Crippen LogP contribution in [-0.4, -0.2) is 18.2 Å². The number of fused-ring (bicyclic) bond motifs is 1. The lowest BCUT2D eigenvalue weighted by Gasteiger charge is -2.03. The molecule has 0 fully saturated rings. The molecule has 0 saturated heterocycles. The zero-order valence-corrected chi connectivity index (χ0v) is 6.04. The minimum absolute atomic E-state index is 0.630. The number of hydrogen-bond donors (Lipinski definition) is 0. The molecule has 11 heavy (non-hydrogen) atoms. The van der Waals surface area contributed by atoms with E-state index in [1.54, 1.807) is 12.3 Å². The van der Waals surface area contributed by atoms with E-state index in [9.17, 15) is 0 Å². The molecular formula is C8H8NO2. The van der Waals surface area contributed by atoms with Crippen LogP contribution in [-0.2, 0) is 0 Å². The van der Waals surface area contributed by atoms with Crippen molar-refractivity contribution in [3.05, 3.63) is 18.5 Å². The molecule has 3 heteroatoms. The first kappa shape index (κ1) is 6.46. The number of hydrogen-bond acceptors (Lipinski definition) is 3. The third-order valence-electron chi connectivity index (χ3n) is 1.48. The van der Waals surface area contributed by atoms with Crippen molar-refractivity contribution in [1.29, 1.82) is 0 Å². The fourth-order valence-electron chi connectivity index (χ4n) is 0.964. The third kappa shape index (κ3) is 1.27. The maximum absolute atomic E-state index is 5.35. The molecule has 57 valence electrons. The Morgan fingerprint density at radius 1 is 1.36 bits per heavy atom. The molecule has 2 heterocycles. The lowest BCUT2D eigenvalue weighted by molar-refractivity contribution is 0.296. The molecule has 0 unspecified atom stereocenters. The maximum atomic E-state index is 5.35. The monoisotopic (exact) mass is 150 g/mol. The zero-order chi connectivity index (χ0) is 7.52. The largest absolute Gasteiger partial charge is 0.489 e. The van der Waals surface area contributed by atoms with Gasteiger partial charge in [-0.2, -0.15) is 0 Å². The Morgan fingerprint density at radius 2 is 2.27 bits per heavy atom. The molecule has 0 bridgehead atoms. The van der Waals surface area contributed by atoms with Crippen LogP contribution in [0.15, 0.2) is 12.3 Å². The van der Waals surface area contributed by atoms with Crippen LogP contribution >= 0.6 is 0 Å². The first-order valence-electron chi connectivity index (χ1n) is 3.59. The van der Waals surface area contributed by atoms with Crippen molar-refractivity contribution in [2.24, 2.45) is 0 Å². The fraction of sp³-hybridized carbons (Fsp3) is 0.375. The predicted octanol–water partition coefficient (Wildman–Crippen LogP) is 1.04. The van der Waals surface area contributed by atoms with Crippen molar-refractivity contribution in [3.63, 3.8) is 0 Å². The van der Waals surface area contributed by atoms with E-state index in [0.29, 0.717) is 19.0 Å². The highest BCUT2D eigenvalue weighted by Crippen LogP contribution is 2.26. The van der Waals surface area contributed by atoms with E-state index in [0.717, 1.165) is 12.2 Å². The van der Waals surface area contributed by atoms with Gasteiger partial charge in [0.1, 0.15) is 6.20 Å². The highest BCUT2D eigenvalue weighted by Gasteiger charge is 2.08. The Kier molecular flexibility index (Phi) is 1.63. The van der Waals surface area contributed by atoms with Gasteiger partial charge in [-0.25, -0.2) is 0 Å². The normalized spacial score (nSPS) is 15.6. The smallest absolute Gasteiger partial charge is 0.189 e. The number of pyridine rings is 1. The van der Waals surface area contributed by atoms with Crippen LogP contribution in [0.25, 0.3) is 0 Å². The molecule has 0 spiro atoms. The molecule has 1 aromatic heterocycles. The zero-order valence-electron chi connectivity index (χ0n) is 6.04. The molecule has 0 N–H and O–H groups in total. The standard InChI is InChI=1S/C8H8NO2/c1-4-10-7-2-3-9-6-8(7)11-5-1/h2-3H,1,4-5H2. The summed E-state index contributed by atoms with van der Waals surface area (Å²) in [6, 6.07) is 1.79. The topological polar surface area (TPSA) is 31.4 Å². The van der Waals surface area contributed by atoms with Crippen molar-refractivity contribution in [3.8, 4) is 11.5 Å². The van der Waals surface area contributed by atoms with Crippen molar-refractivity contribution >= 4 is 0 Å². The summed E-state index contributed by atoms with van der Waals surface area (Å²) in [5, 5.41) is 0. The summed E-state index contributed by atoms with van der Waals surface area (Å²) in [7, 11) is 0. The summed E-state index contributed by atoms with van der Waals surface area (Å²) in [4.78, 5) is 3.81. The number of nitrogens with zero attached hydrogens (tertiary/aromatic N) is 1. The number of rotatable bonds is 0. The van der Waals surface area contributed by atoms with Gasteiger partial charge in [0.2, 0.25) is 0 Å². The van der Waals surface area contributed by atoms with Crippen LogP contribution in [0, 0.1) is 6.20 Å². The first-order chi connectivity index (χ1) is 5.47. The molecule has 1 aliphatic rings. The molecule has 0 atom stereocenters. The van der Waals surface area contributed by atoms with Crippen LogP contribution in [0.1, 0.15) is 6.42 Å². The number of aromatic nitrogens is 1. The molecule has 1 radical (unpaired) electrons. The van der Waals surface area contributed by atoms with Crippen LogP contribution in [0.4, 0.5) is 0 Å². The fourth-order valence-corrected chi connectivity index (χ4v) is 0.964. The summed E-state index contributed by atoms with van der Waals surface area (Å²) in [5.41, 5.74) is 0. The van der Waals surface area contributed by atoms with E-state index >= 15 is 0 Å². The van der Waals surface area contributed by atoms with Crippen molar-refractivity contribution in [2.75, 3.05) is 13.2 Å². The van der Waals surface area contributed by atoms with Gasteiger partial charge in [-0.1, -0.05) is 0 Å². The number of ether oxygens (including phenoxy) is 2. The second kappa shape index (κ2) is 2.78. The van der Waals surface area contributed by atoms with Gasteiger partial charge in [0.15, 0.2) is 11.5 Å². The lowest BCUT2D eigenvalue weighted by Crippen LogP contribution is -1.97. The summed E-state index contributed by atoms with van der Waals surface area (Å²) in [6.45, 7) is 1.40. The maximum Gasteiger partial charge on any atom is 0.189 e. The van der Waals surface area contributed by atoms with E-state index in [1.165, 1.54) is 0 Å². The van der Waals surface area contributed by atoms with Gasteiger partial charge in [0, 0.05) is 18.7 Å². The Balaban J connectivity index is 2.33. The molecule has 0 amide bonds. The van der Waals surface area contributed by atoms with E-state index in [2.05, 4.69) is 11.2 Å². The quantitative estimate of drug-likeness (QED) is 0.553. The predicted molar refractivity (Wildman–Crippen MR) is 38.7 cm³/mol. The minimum atomic E-state index is 0.630. The van der Waals surface area contributed by atoms with Gasteiger partial charge in [0.25, 0.3) is 0 Å².